The van der Waals surface area contributed by atoms with Crippen molar-refractivity contribution in [2.75, 3.05) is 18.5 Å². The van der Waals surface area contributed by atoms with E-state index in [9.17, 15) is 13.2 Å². The molecule has 0 saturated carbocycles. The van der Waals surface area contributed by atoms with E-state index in [4.69, 9.17) is 16.7 Å². The largest absolute Gasteiger partial charge is 0.433 e. The zero-order valence-electron chi connectivity index (χ0n) is 8.92. The van der Waals surface area contributed by atoms with Crippen LogP contribution in [0.5, 0.6) is 0 Å². The number of nitrogens with zero attached hydrogens (tertiary/aromatic N) is 2. The summed E-state index contributed by atoms with van der Waals surface area (Å²) in [5.41, 5.74) is -1.10. The molecule has 1 aromatic heterocycles. The lowest BCUT2D eigenvalue weighted by atomic mass is 10.2. The minimum atomic E-state index is -4.56. The van der Waals surface area contributed by atoms with Gasteiger partial charge in [-0.2, -0.15) is 13.2 Å². The molecule has 0 saturated heterocycles. The molecule has 2 N–H and O–H groups in total. The third-order valence-electron chi connectivity index (χ3n) is 1.93. The van der Waals surface area contributed by atoms with Gasteiger partial charge < -0.3 is 10.4 Å². The van der Waals surface area contributed by atoms with Crippen LogP contribution in [-0.4, -0.2) is 28.2 Å². The number of hydrogen-bond acceptors (Lipinski definition) is 4. The lowest BCUT2D eigenvalue weighted by Crippen LogP contribution is -2.16. The van der Waals surface area contributed by atoms with Crippen LogP contribution in [0.2, 0.25) is 5.28 Å². The molecule has 96 valence electrons. The predicted octanol–water partition coefficient (Wildman–Crippen LogP) is 2.19. The highest BCUT2D eigenvalue weighted by Gasteiger charge is 2.33. The van der Waals surface area contributed by atoms with Gasteiger partial charge in [0.1, 0.15) is 5.82 Å². The number of aliphatic hydroxyl groups is 1. The SMILES string of the molecule is CC(CO)CNc1cc(C(F)(F)F)nc(Cl)n1. The van der Waals surface area contributed by atoms with E-state index in [1.165, 1.54) is 0 Å². The standard InChI is InChI=1S/C9H11ClF3N3O/c1-5(4-17)3-14-7-2-6(9(11,12)13)15-8(10)16-7/h2,5,17H,3-4H2,1H3,(H,14,15,16). The summed E-state index contributed by atoms with van der Waals surface area (Å²) in [6.45, 7) is 1.96. The molecule has 0 aliphatic heterocycles. The molecule has 0 aliphatic rings. The van der Waals surface area contributed by atoms with E-state index in [1.54, 1.807) is 6.92 Å². The molecule has 0 amide bonds. The van der Waals surface area contributed by atoms with Crippen molar-refractivity contribution in [3.05, 3.63) is 17.0 Å². The molecule has 1 heterocycles. The number of nitrogens with one attached hydrogen (secondary N) is 1. The fourth-order valence-electron chi connectivity index (χ4n) is 0.997. The highest BCUT2D eigenvalue weighted by Crippen LogP contribution is 2.29. The monoisotopic (exact) mass is 269 g/mol. The fraction of sp³-hybridized carbons (Fsp3) is 0.556. The van der Waals surface area contributed by atoms with Gasteiger partial charge in [-0.25, -0.2) is 9.97 Å². The number of aliphatic hydroxyl groups excluding tert-OH is 1. The van der Waals surface area contributed by atoms with E-state index >= 15 is 0 Å². The van der Waals surface area contributed by atoms with Crippen molar-refractivity contribution in [2.24, 2.45) is 5.92 Å². The number of alkyl halides is 3. The minimum Gasteiger partial charge on any atom is -0.396 e. The normalized spacial score (nSPS) is 13.5. The van der Waals surface area contributed by atoms with Crippen molar-refractivity contribution >= 4 is 17.4 Å². The number of rotatable bonds is 4. The first-order valence-electron chi connectivity index (χ1n) is 4.79. The summed E-state index contributed by atoms with van der Waals surface area (Å²) >= 11 is 5.39. The van der Waals surface area contributed by atoms with E-state index in [0.717, 1.165) is 6.07 Å². The van der Waals surface area contributed by atoms with E-state index in [1.807, 2.05) is 0 Å². The molecular weight excluding hydrogens is 259 g/mol. The summed E-state index contributed by atoms with van der Waals surface area (Å²) < 4.78 is 37.2. The quantitative estimate of drug-likeness (QED) is 0.823. The van der Waals surface area contributed by atoms with Crippen molar-refractivity contribution in [1.82, 2.24) is 9.97 Å². The second-order valence-electron chi connectivity index (χ2n) is 3.57. The zero-order chi connectivity index (χ0) is 13.1. The Morgan fingerprint density at radius 1 is 1.47 bits per heavy atom. The van der Waals surface area contributed by atoms with Crippen molar-refractivity contribution in [3.8, 4) is 0 Å². The van der Waals surface area contributed by atoms with Gasteiger partial charge in [-0.15, -0.1) is 0 Å². The maximum Gasteiger partial charge on any atom is 0.433 e. The molecule has 1 aromatic rings. The second kappa shape index (κ2) is 5.50. The molecule has 0 aliphatic carbocycles. The summed E-state index contributed by atoms with van der Waals surface area (Å²) in [4.78, 5) is 6.71. The smallest absolute Gasteiger partial charge is 0.396 e. The first-order chi connectivity index (χ1) is 7.82. The Kier molecular flexibility index (Phi) is 4.53. The molecule has 1 atom stereocenters. The van der Waals surface area contributed by atoms with Crippen LogP contribution in [0.4, 0.5) is 19.0 Å². The zero-order valence-corrected chi connectivity index (χ0v) is 9.68. The Bertz CT molecular complexity index is 386. The van der Waals surface area contributed by atoms with Crippen LogP contribution in [0.25, 0.3) is 0 Å². The van der Waals surface area contributed by atoms with Gasteiger partial charge in [-0.1, -0.05) is 6.92 Å². The van der Waals surface area contributed by atoms with Crippen LogP contribution < -0.4 is 5.32 Å². The lowest BCUT2D eigenvalue weighted by Gasteiger charge is -2.12. The third kappa shape index (κ3) is 4.35. The summed E-state index contributed by atoms with van der Waals surface area (Å²) in [5, 5.41) is 11.0. The van der Waals surface area contributed by atoms with Crippen molar-refractivity contribution in [1.29, 1.82) is 0 Å². The van der Waals surface area contributed by atoms with Crippen LogP contribution in [0.3, 0.4) is 0 Å². The second-order valence-corrected chi connectivity index (χ2v) is 3.91. The summed E-state index contributed by atoms with van der Waals surface area (Å²) in [7, 11) is 0. The molecule has 0 fully saturated rings. The van der Waals surface area contributed by atoms with Crippen molar-refractivity contribution in [2.45, 2.75) is 13.1 Å². The van der Waals surface area contributed by atoms with Crippen molar-refractivity contribution < 1.29 is 18.3 Å². The molecule has 4 nitrogen and oxygen atoms in total. The highest BCUT2D eigenvalue weighted by atomic mass is 35.5. The topological polar surface area (TPSA) is 58.0 Å². The Morgan fingerprint density at radius 2 is 2.12 bits per heavy atom. The molecule has 0 radical (unpaired) electrons. The molecule has 8 heteroatoms. The van der Waals surface area contributed by atoms with Crippen LogP contribution in [-0.2, 0) is 6.18 Å². The molecule has 0 bridgehead atoms. The van der Waals surface area contributed by atoms with Gasteiger partial charge in [0.15, 0.2) is 5.69 Å². The number of hydrogen-bond donors (Lipinski definition) is 2. The van der Waals surface area contributed by atoms with E-state index in [0.29, 0.717) is 6.54 Å². The predicted molar refractivity (Wildman–Crippen MR) is 56.8 cm³/mol. The van der Waals surface area contributed by atoms with Gasteiger partial charge in [0.2, 0.25) is 5.28 Å². The Hall–Kier alpha value is -1.08. The molecule has 1 rings (SSSR count). The van der Waals surface area contributed by atoms with Gasteiger partial charge in [-0.3, -0.25) is 0 Å². The van der Waals surface area contributed by atoms with Crippen LogP contribution in [0, 0.1) is 5.92 Å². The summed E-state index contributed by atoms with van der Waals surface area (Å²) in [6, 6.07) is 0.774. The number of aromatic nitrogens is 2. The number of anilines is 1. The average Bonchev–Trinajstić information content (AvgIpc) is 2.24. The van der Waals surface area contributed by atoms with Gasteiger partial charge in [0, 0.05) is 19.2 Å². The van der Waals surface area contributed by atoms with Gasteiger partial charge in [0.05, 0.1) is 0 Å². The lowest BCUT2D eigenvalue weighted by molar-refractivity contribution is -0.141. The molecule has 0 spiro atoms. The summed E-state index contributed by atoms with van der Waals surface area (Å²) in [6.07, 6.45) is -4.56. The maximum atomic E-state index is 12.4. The molecular formula is C9H11ClF3N3O. The first-order valence-corrected chi connectivity index (χ1v) is 5.17. The molecule has 17 heavy (non-hydrogen) atoms. The fourth-order valence-corrected chi connectivity index (χ4v) is 1.18. The Balaban J connectivity index is 2.83. The van der Waals surface area contributed by atoms with Crippen LogP contribution in [0.15, 0.2) is 6.07 Å². The van der Waals surface area contributed by atoms with Crippen molar-refractivity contribution in [3.63, 3.8) is 0 Å². The van der Waals surface area contributed by atoms with Crippen LogP contribution in [0.1, 0.15) is 12.6 Å². The van der Waals surface area contributed by atoms with E-state index < -0.39 is 17.2 Å². The minimum absolute atomic E-state index is 0.0161. The van der Waals surface area contributed by atoms with E-state index in [2.05, 4.69) is 15.3 Å². The Labute approximate surface area is 101 Å². The highest BCUT2D eigenvalue weighted by molar-refractivity contribution is 6.28. The number of halogens is 4. The van der Waals surface area contributed by atoms with Gasteiger partial charge in [-0.05, 0) is 17.5 Å². The first kappa shape index (κ1) is 14.0. The van der Waals surface area contributed by atoms with Gasteiger partial charge >= 0.3 is 6.18 Å². The van der Waals surface area contributed by atoms with E-state index in [-0.39, 0.29) is 18.3 Å². The maximum absolute atomic E-state index is 12.4. The Morgan fingerprint density at radius 3 is 2.65 bits per heavy atom. The van der Waals surface area contributed by atoms with Gasteiger partial charge in [0.25, 0.3) is 0 Å². The van der Waals surface area contributed by atoms with Crippen LogP contribution >= 0.6 is 11.6 Å². The molecule has 1 unspecified atom stereocenters. The molecule has 0 aromatic carbocycles. The summed E-state index contributed by atoms with van der Waals surface area (Å²) in [5.74, 6) is -0.115. The third-order valence-corrected chi connectivity index (χ3v) is 2.10. The average molecular weight is 270 g/mol.